The van der Waals surface area contributed by atoms with E-state index in [1.54, 1.807) is 7.05 Å². The highest BCUT2D eigenvalue weighted by Crippen LogP contribution is 2.20. The zero-order chi connectivity index (χ0) is 13.2. The number of hydrogen-bond donors (Lipinski definition) is 1. The number of aromatic amines is 1. The van der Waals surface area contributed by atoms with Crippen LogP contribution in [-0.2, 0) is 21.2 Å². The summed E-state index contributed by atoms with van der Waals surface area (Å²) in [5.41, 5.74) is 0. The molecule has 2 rings (SSSR count). The summed E-state index contributed by atoms with van der Waals surface area (Å²) in [6.07, 6.45) is 3.56. The molecular formula is C11H19N3O3S. The molecule has 7 heteroatoms. The van der Waals surface area contributed by atoms with E-state index in [4.69, 9.17) is 4.74 Å². The average Bonchev–Trinajstić information content (AvgIpc) is 2.88. The summed E-state index contributed by atoms with van der Waals surface area (Å²) >= 11 is 0. The molecule has 18 heavy (non-hydrogen) atoms. The van der Waals surface area contributed by atoms with Crippen LogP contribution in [0.1, 0.15) is 25.6 Å². The smallest absolute Gasteiger partial charge is 0.260 e. The van der Waals surface area contributed by atoms with Crippen LogP contribution in [0.4, 0.5) is 0 Å². The van der Waals surface area contributed by atoms with E-state index >= 15 is 0 Å². The minimum absolute atomic E-state index is 0.0112. The van der Waals surface area contributed by atoms with Gasteiger partial charge in [-0.25, -0.2) is 13.4 Å². The van der Waals surface area contributed by atoms with Gasteiger partial charge in [0.05, 0.1) is 6.20 Å². The topological polar surface area (TPSA) is 75.3 Å². The van der Waals surface area contributed by atoms with E-state index in [-0.39, 0.29) is 11.1 Å². The van der Waals surface area contributed by atoms with Crippen molar-refractivity contribution < 1.29 is 13.2 Å². The van der Waals surface area contributed by atoms with Crippen LogP contribution < -0.4 is 0 Å². The van der Waals surface area contributed by atoms with Gasteiger partial charge in [-0.05, 0) is 12.8 Å². The highest BCUT2D eigenvalue weighted by molar-refractivity contribution is 7.89. The van der Waals surface area contributed by atoms with Gasteiger partial charge in [-0.3, -0.25) is 0 Å². The number of sulfonamides is 1. The van der Waals surface area contributed by atoms with Crippen molar-refractivity contribution in [2.75, 3.05) is 20.3 Å². The normalized spacial score (nSPS) is 18.4. The first-order valence-corrected chi connectivity index (χ1v) is 7.59. The molecule has 0 amide bonds. The van der Waals surface area contributed by atoms with Gasteiger partial charge >= 0.3 is 0 Å². The van der Waals surface area contributed by atoms with Gasteiger partial charge in [0.2, 0.25) is 0 Å². The van der Waals surface area contributed by atoms with Crippen LogP contribution >= 0.6 is 0 Å². The Balaban J connectivity index is 2.18. The number of hydrogen-bond acceptors (Lipinski definition) is 4. The van der Waals surface area contributed by atoms with Crippen molar-refractivity contribution >= 4 is 10.0 Å². The zero-order valence-electron chi connectivity index (χ0n) is 10.7. The number of imidazole rings is 1. The molecule has 1 N–H and O–H groups in total. The lowest BCUT2D eigenvalue weighted by Crippen LogP contribution is -2.40. The molecule has 0 radical (unpaired) electrons. The van der Waals surface area contributed by atoms with E-state index in [1.165, 1.54) is 10.5 Å². The summed E-state index contributed by atoms with van der Waals surface area (Å²) in [6, 6.07) is 0.0112. The molecule has 102 valence electrons. The average molecular weight is 273 g/mol. The van der Waals surface area contributed by atoms with Gasteiger partial charge in [-0.2, -0.15) is 4.31 Å². The number of aromatic nitrogens is 2. The van der Waals surface area contributed by atoms with E-state index in [0.717, 1.165) is 12.8 Å². The Morgan fingerprint density at radius 2 is 2.17 bits per heavy atom. The van der Waals surface area contributed by atoms with Crippen molar-refractivity contribution in [3.05, 3.63) is 12.0 Å². The second-order valence-corrected chi connectivity index (χ2v) is 6.38. The summed E-state index contributed by atoms with van der Waals surface area (Å²) in [7, 11) is -1.85. The number of nitrogens with zero attached hydrogens (tertiary/aromatic N) is 2. The van der Waals surface area contributed by atoms with Gasteiger partial charge < -0.3 is 9.72 Å². The molecule has 0 unspecified atom stereocenters. The van der Waals surface area contributed by atoms with E-state index in [2.05, 4.69) is 9.97 Å². The Labute approximate surface area is 107 Å². The van der Waals surface area contributed by atoms with Crippen LogP contribution in [0, 0.1) is 0 Å². The van der Waals surface area contributed by atoms with Crippen molar-refractivity contribution in [2.45, 2.75) is 37.3 Å². The molecule has 1 fully saturated rings. The second-order valence-electron chi connectivity index (χ2n) is 4.41. The third-order valence-corrected chi connectivity index (χ3v) is 5.12. The van der Waals surface area contributed by atoms with Crippen LogP contribution in [0.25, 0.3) is 0 Å². The van der Waals surface area contributed by atoms with Gasteiger partial charge in [0.15, 0.2) is 5.03 Å². The maximum atomic E-state index is 12.4. The van der Waals surface area contributed by atoms with Gasteiger partial charge in [0, 0.05) is 32.7 Å². The molecule has 0 aliphatic carbocycles. The predicted molar refractivity (Wildman–Crippen MR) is 66.8 cm³/mol. The first kappa shape index (κ1) is 13.5. The van der Waals surface area contributed by atoms with Gasteiger partial charge in [-0.15, -0.1) is 0 Å². The van der Waals surface area contributed by atoms with Crippen molar-refractivity contribution in [3.8, 4) is 0 Å². The van der Waals surface area contributed by atoms with Crippen LogP contribution in [-0.4, -0.2) is 49.0 Å². The Morgan fingerprint density at radius 1 is 1.50 bits per heavy atom. The predicted octanol–water partition coefficient (Wildman–Crippen LogP) is 0.772. The molecule has 1 aliphatic heterocycles. The molecule has 1 aromatic heterocycles. The Hall–Kier alpha value is -0.920. The standard InChI is InChI=1S/C11H19N3O3S/c1-3-10-12-8-11(13-10)18(15,16)14(2)9-4-6-17-7-5-9/h8-9H,3-7H2,1-2H3,(H,12,13). The Morgan fingerprint density at radius 3 is 2.72 bits per heavy atom. The summed E-state index contributed by atoms with van der Waals surface area (Å²) in [5.74, 6) is 0.689. The third kappa shape index (κ3) is 2.57. The monoisotopic (exact) mass is 273 g/mol. The maximum Gasteiger partial charge on any atom is 0.260 e. The first-order chi connectivity index (χ1) is 8.55. The number of aryl methyl sites for hydroxylation is 1. The van der Waals surface area contributed by atoms with Crippen molar-refractivity contribution in [1.82, 2.24) is 14.3 Å². The lowest BCUT2D eigenvalue weighted by Gasteiger charge is -2.29. The number of nitrogens with one attached hydrogen (secondary N) is 1. The zero-order valence-corrected chi connectivity index (χ0v) is 11.5. The van der Waals surface area contributed by atoms with E-state index in [1.807, 2.05) is 6.92 Å². The SMILES string of the molecule is CCc1ncc(S(=O)(=O)N(C)C2CCOCC2)[nH]1. The molecule has 6 nitrogen and oxygen atoms in total. The fraction of sp³-hybridized carbons (Fsp3) is 0.727. The maximum absolute atomic E-state index is 12.4. The Kier molecular flexibility index (Phi) is 4.04. The lowest BCUT2D eigenvalue weighted by atomic mass is 10.1. The molecule has 0 aromatic carbocycles. The number of rotatable bonds is 4. The van der Waals surface area contributed by atoms with Crippen molar-refractivity contribution in [3.63, 3.8) is 0 Å². The fourth-order valence-electron chi connectivity index (χ4n) is 2.05. The highest BCUT2D eigenvalue weighted by atomic mass is 32.2. The van der Waals surface area contributed by atoms with Crippen LogP contribution in [0.2, 0.25) is 0 Å². The highest BCUT2D eigenvalue weighted by Gasteiger charge is 2.30. The molecular weight excluding hydrogens is 254 g/mol. The molecule has 2 heterocycles. The summed E-state index contributed by atoms with van der Waals surface area (Å²) in [5, 5.41) is 0.174. The minimum atomic E-state index is -3.47. The van der Waals surface area contributed by atoms with E-state index < -0.39 is 10.0 Å². The molecule has 1 aliphatic rings. The summed E-state index contributed by atoms with van der Waals surface area (Å²) < 4.78 is 31.4. The van der Waals surface area contributed by atoms with Crippen LogP contribution in [0.3, 0.4) is 0 Å². The Bertz CT molecular complexity index is 491. The largest absolute Gasteiger partial charge is 0.381 e. The van der Waals surface area contributed by atoms with Crippen LogP contribution in [0.15, 0.2) is 11.2 Å². The van der Waals surface area contributed by atoms with E-state index in [0.29, 0.717) is 25.5 Å². The lowest BCUT2D eigenvalue weighted by molar-refractivity contribution is 0.0631. The first-order valence-electron chi connectivity index (χ1n) is 6.15. The quantitative estimate of drug-likeness (QED) is 0.879. The summed E-state index contributed by atoms with van der Waals surface area (Å²) in [4.78, 5) is 6.89. The van der Waals surface area contributed by atoms with Gasteiger partial charge in [-0.1, -0.05) is 6.92 Å². The molecule has 0 atom stereocenters. The van der Waals surface area contributed by atoms with E-state index in [9.17, 15) is 8.42 Å². The van der Waals surface area contributed by atoms with Crippen LogP contribution in [0.5, 0.6) is 0 Å². The molecule has 0 saturated carbocycles. The summed E-state index contributed by atoms with van der Waals surface area (Å²) in [6.45, 7) is 3.17. The number of ether oxygens (including phenoxy) is 1. The van der Waals surface area contributed by atoms with Crippen molar-refractivity contribution in [2.24, 2.45) is 0 Å². The number of H-pyrrole nitrogens is 1. The van der Waals surface area contributed by atoms with Crippen molar-refractivity contribution in [1.29, 1.82) is 0 Å². The fourth-order valence-corrected chi connectivity index (χ4v) is 3.40. The molecule has 1 aromatic rings. The third-order valence-electron chi connectivity index (χ3n) is 3.30. The van der Waals surface area contributed by atoms with Gasteiger partial charge in [0.25, 0.3) is 10.0 Å². The minimum Gasteiger partial charge on any atom is -0.381 e. The van der Waals surface area contributed by atoms with Gasteiger partial charge in [0.1, 0.15) is 5.82 Å². The second kappa shape index (κ2) is 5.38. The molecule has 1 saturated heterocycles. The molecule has 0 spiro atoms. The molecule has 0 bridgehead atoms.